The fraction of sp³-hybridized carbons (Fsp3) is 0.353. The predicted molar refractivity (Wildman–Crippen MR) is 84.5 cm³/mol. The van der Waals surface area contributed by atoms with Crippen molar-refractivity contribution in [2.24, 2.45) is 23.7 Å². The van der Waals surface area contributed by atoms with E-state index in [1.165, 1.54) is 0 Å². The highest BCUT2D eigenvalue weighted by Crippen LogP contribution is 2.52. The van der Waals surface area contributed by atoms with Crippen LogP contribution in [0, 0.1) is 23.7 Å². The molecule has 1 N–H and O–H groups in total. The number of likely N-dealkylation sites (tertiary alicyclic amines) is 1. The molecule has 2 bridgehead atoms. The van der Waals surface area contributed by atoms with E-state index in [1.807, 2.05) is 12.2 Å². The van der Waals surface area contributed by atoms with Crippen molar-refractivity contribution in [1.29, 1.82) is 0 Å². The second-order valence-electron chi connectivity index (χ2n) is 6.29. The molecule has 0 aromatic heterocycles. The first kappa shape index (κ1) is 14.5. The molecule has 1 aromatic carbocycles. The number of amides is 3. The van der Waals surface area contributed by atoms with Gasteiger partial charge in [-0.2, -0.15) is 0 Å². The first-order valence-electron chi connectivity index (χ1n) is 7.64. The number of nitrogens with one attached hydrogen (secondary N) is 1. The molecular formula is C17H15ClN2O3. The van der Waals surface area contributed by atoms with Crippen LogP contribution in [-0.4, -0.2) is 29.2 Å². The van der Waals surface area contributed by atoms with Gasteiger partial charge in [0, 0.05) is 0 Å². The van der Waals surface area contributed by atoms with E-state index in [0.717, 1.165) is 11.3 Å². The summed E-state index contributed by atoms with van der Waals surface area (Å²) in [7, 11) is 0. The molecule has 2 aliphatic carbocycles. The lowest BCUT2D eigenvalue weighted by Gasteiger charge is -2.17. The number of rotatable bonds is 3. The molecule has 5 nitrogen and oxygen atoms in total. The van der Waals surface area contributed by atoms with Crippen LogP contribution in [0.1, 0.15) is 6.42 Å². The van der Waals surface area contributed by atoms with Gasteiger partial charge in [0.25, 0.3) is 0 Å². The molecule has 118 valence electrons. The zero-order chi connectivity index (χ0) is 16.1. The molecule has 1 heterocycles. The molecule has 4 rings (SSSR count). The van der Waals surface area contributed by atoms with Crippen LogP contribution in [0.4, 0.5) is 5.69 Å². The molecule has 3 amide bonds. The number of halogens is 1. The van der Waals surface area contributed by atoms with E-state index in [0.29, 0.717) is 10.7 Å². The van der Waals surface area contributed by atoms with Crippen molar-refractivity contribution >= 4 is 35.0 Å². The molecule has 1 aromatic rings. The molecule has 0 unspecified atom stereocenters. The van der Waals surface area contributed by atoms with E-state index < -0.39 is 5.91 Å². The zero-order valence-corrected chi connectivity index (χ0v) is 13.0. The van der Waals surface area contributed by atoms with Crippen molar-refractivity contribution in [2.75, 3.05) is 11.9 Å². The summed E-state index contributed by atoms with van der Waals surface area (Å²) in [6.07, 6.45) is 4.95. The number of para-hydroxylation sites is 1. The lowest BCUT2D eigenvalue weighted by molar-refractivity contribution is -0.143. The van der Waals surface area contributed by atoms with E-state index in [1.54, 1.807) is 24.3 Å². The summed E-state index contributed by atoms with van der Waals surface area (Å²) >= 11 is 6.00. The number of hydrogen-bond donors (Lipinski definition) is 1. The average molecular weight is 331 g/mol. The number of nitrogens with zero attached hydrogens (tertiary/aromatic N) is 1. The van der Waals surface area contributed by atoms with Gasteiger partial charge in [-0.25, -0.2) is 0 Å². The summed E-state index contributed by atoms with van der Waals surface area (Å²) in [5.41, 5.74) is 0.472. The van der Waals surface area contributed by atoms with Gasteiger partial charge in [-0.1, -0.05) is 35.9 Å². The van der Waals surface area contributed by atoms with Gasteiger partial charge >= 0.3 is 0 Å². The van der Waals surface area contributed by atoms with Crippen molar-refractivity contribution in [1.82, 2.24) is 4.90 Å². The minimum absolute atomic E-state index is 0.151. The van der Waals surface area contributed by atoms with Gasteiger partial charge in [-0.05, 0) is 30.4 Å². The van der Waals surface area contributed by atoms with Gasteiger partial charge in [0.2, 0.25) is 17.7 Å². The Morgan fingerprint density at radius 3 is 2.35 bits per heavy atom. The average Bonchev–Trinajstić information content (AvgIpc) is 3.19. The van der Waals surface area contributed by atoms with Gasteiger partial charge in [0.1, 0.15) is 6.54 Å². The first-order chi connectivity index (χ1) is 11.1. The van der Waals surface area contributed by atoms with E-state index in [4.69, 9.17) is 11.6 Å². The number of fused-ring (bicyclic) bond motifs is 5. The highest BCUT2D eigenvalue weighted by atomic mass is 35.5. The standard InChI is InChI=1S/C17H15ClN2O3/c18-11-3-1-2-4-12(11)19-13(21)8-20-16(22)14-9-5-6-10(7-9)15(14)17(20)23/h1-6,9-10,14-15H,7-8H2,(H,19,21)/t9-,10-,14+,15+/m0/s1. The maximum Gasteiger partial charge on any atom is 0.244 e. The van der Waals surface area contributed by atoms with Crippen LogP contribution in [0.15, 0.2) is 36.4 Å². The number of allylic oxidation sites excluding steroid dienone is 2. The van der Waals surface area contributed by atoms with Gasteiger partial charge in [0.15, 0.2) is 0 Å². The largest absolute Gasteiger partial charge is 0.323 e. The normalized spacial score (nSPS) is 30.9. The summed E-state index contributed by atoms with van der Waals surface area (Å²) in [6, 6.07) is 6.85. The monoisotopic (exact) mass is 330 g/mol. The van der Waals surface area contributed by atoms with Crippen LogP contribution in [0.25, 0.3) is 0 Å². The number of carbonyl (C=O) groups excluding carboxylic acids is 3. The predicted octanol–water partition coefficient (Wildman–Crippen LogP) is 2.09. The van der Waals surface area contributed by atoms with Gasteiger partial charge < -0.3 is 5.32 Å². The molecular weight excluding hydrogens is 316 g/mol. The van der Waals surface area contributed by atoms with Crippen LogP contribution in [-0.2, 0) is 14.4 Å². The van der Waals surface area contributed by atoms with E-state index in [2.05, 4.69) is 5.32 Å². The summed E-state index contributed by atoms with van der Waals surface area (Å²) in [4.78, 5) is 38.3. The fourth-order valence-corrected chi connectivity index (χ4v) is 4.20. The molecule has 23 heavy (non-hydrogen) atoms. The van der Waals surface area contributed by atoms with Crippen LogP contribution in [0.3, 0.4) is 0 Å². The highest BCUT2D eigenvalue weighted by molar-refractivity contribution is 6.33. The number of carbonyl (C=O) groups is 3. The quantitative estimate of drug-likeness (QED) is 0.681. The highest BCUT2D eigenvalue weighted by Gasteiger charge is 2.59. The van der Waals surface area contributed by atoms with Crippen LogP contribution >= 0.6 is 11.6 Å². The maximum atomic E-state index is 12.5. The van der Waals surface area contributed by atoms with Gasteiger partial charge in [-0.3, -0.25) is 19.3 Å². The molecule has 1 aliphatic heterocycles. The number of hydrogen-bond acceptors (Lipinski definition) is 3. The minimum atomic E-state index is -0.417. The van der Waals surface area contributed by atoms with Crippen molar-refractivity contribution in [3.8, 4) is 0 Å². The lowest BCUT2D eigenvalue weighted by Crippen LogP contribution is -2.39. The lowest BCUT2D eigenvalue weighted by atomic mass is 9.85. The summed E-state index contributed by atoms with van der Waals surface area (Å²) in [6.45, 7) is -0.255. The molecule has 1 saturated carbocycles. The second kappa shape index (κ2) is 5.20. The maximum absolute atomic E-state index is 12.5. The van der Waals surface area contributed by atoms with E-state index >= 15 is 0 Å². The number of benzene rings is 1. The molecule has 2 fully saturated rings. The van der Waals surface area contributed by atoms with Crippen molar-refractivity contribution in [3.63, 3.8) is 0 Å². The van der Waals surface area contributed by atoms with Crippen LogP contribution in [0.5, 0.6) is 0 Å². The van der Waals surface area contributed by atoms with Crippen molar-refractivity contribution < 1.29 is 14.4 Å². The SMILES string of the molecule is O=C(CN1C(=O)[C@H]2[C@H](C1=O)[C@H]1C=C[C@H]2C1)Nc1ccccc1Cl. The Morgan fingerprint density at radius 2 is 1.74 bits per heavy atom. The zero-order valence-electron chi connectivity index (χ0n) is 12.2. The first-order valence-corrected chi connectivity index (χ1v) is 8.02. The summed E-state index contributed by atoms with van der Waals surface area (Å²) < 4.78 is 0. The molecule has 6 heteroatoms. The number of anilines is 1. The third kappa shape index (κ3) is 2.18. The van der Waals surface area contributed by atoms with Gasteiger partial charge in [0.05, 0.1) is 22.5 Å². The van der Waals surface area contributed by atoms with Crippen LogP contribution < -0.4 is 5.32 Å². The Kier molecular flexibility index (Phi) is 3.27. The Labute approximate surface area is 138 Å². The molecule has 3 aliphatic rings. The Hall–Kier alpha value is -2.14. The second-order valence-corrected chi connectivity index (χ2v) is 6.70. The fourth-order valence-electron chi connectivity index (χ4n) is 4.02. The van der Waals surface area contributed by atoms with Gasteiger partial charge in [-0.15, -0.1) is 0 Å². The topological polar surface area (TPSA) is 66.5 Å². The third-order valence-electron chi connectivity index (χ3n) is 5.01. The Bertz CT molecular complexity index is 715. The molecule has 4 atom stereocenters. The smallest absolute Gasteiger partial charge is 0.244 e. The van der Waals surface area contributed by atoms with E-state index in [-0.39, 0.29) is 42.0 Å². The molecule has 0 radical (unpaired) electrons. The Morgan fingerprint density at radius 1 is 1.13 bits per heavy atom. The van der Waals surface area contributed by atoms with Crippen molar-refractivity contribution in [2.45, 2.75) is 6.42 Å². The molecule has 1 saturated heterocycles. The Balaban J connectivity index is 1.48. The summed E-state index contributed by atoms with van der Waals surface area (Å²) in [5, 5.41) is 3.07. The summed E-state index contributed by atoms with van der Waals surface area (Å²) in [5.74, 6) is -1.09. The molecule has 0 spiro atoms. The third-order valence-corrected chi connectivity index (χ3v) is 5.34. The minimum Gasteiger partial charge on any atom is -0.323 e. The number of imide groups is 1. The van der Waals surface area contributed by atoms with E-state index in [9.17, 15) is 14.4 Å². The van der Waals surface area contributed by atoms with Crippen molar-refractivity contribution in [3.05, 3.63) is 41.4 Å². The van der Waals surface area contributed by atoms with Crippen LogP contribution in [0.2, 0.25) is 5.02 Å².